The van der Waals surface area contributed by atoms with Crippen LogP contribution < -0.4 is 10.6 Å². The number of carbonyl (C=O) groups excluding carboxylic acids is 2. The summed E-state index contributed by atoms with van der Waals surface area (Å²) < 4.78 is 0. The second-order valence-corrected chi connectivity index (χ2v) is 4.46. The van der Waals surface area contributed by atoms with Gasteiger partial charge in [-0.25, -0.2) is 4.79 Å². The van der Waals surface area contributed by atoms with Crippen LogP contribution in [0.15, 0.2) is 23.0 Å². The standard InChI is InChI=1S/C13H15N3O3/c1-8(17)3-6-12(18)16(2)9-4-5-10-11(7-9)15-13(19)14-10/h4-5,7H,3,6H2,1-2H3,(H2,14,15,19). The van der Waals surface area contributed by atoms with Crippen molar-refractivity contribution < 1.29 is 9.59 Å². The van der Waals surface area contributed by atoms with Gasteiger partial charge in [-0.2, -0.15) is 0 Å². The fraction of sp³-hybridized carbons (Fsp3) is 0.308. The van der Waals surface area contributed by atoms with Crippen molar-refractivity contribution in [2.75, 3.05) is 11.9 Å². The lowest BCUT2D eigenvalue weighted by atomic mass is 10.2. The molecule has 0 aliphatic heterocycles. The summed E-state index contributed by atoms with van der Waals surface area (Å²) in [5.74, 6) is -0.139. The molecule has 0 bridgehead atoms. The molecule has 1 amide bonds. The van der Waals surface area contributed by atoms with Crippen LogP contribution in [0.1, 0.15) is 19.8 Å². The predicted octanol–water partition coefficient (Wildman–Crippen LogP) is 1.19. The van der Waals surface area contributed by atoms with Crippen LogP contribution in [0.4, 0.5) is 5.69 Å². The van der Waals surface area contributed by atoms with Crippen LogP contribution in [0.2, 0.25) is 0 Å². The quantitative estimate of drug-likeness (QED) is 0.866. The first-order valence-corrected chi connectivity index (χ1v) is 5.95. The number of ketones is 1. The summed E-state index contributed by atoms with van der Waals surface area (Å²) in [7, 11) is 1.65. The molecule has 2 rings (SSSR count). The van der Waals surface area contributed by atoms with E-state index in [1.807, 2.05) is 0 Å². The Morgan fingerprint density at radius 3 is 2.53 bits per heavy atom. The largest absolute Gasteiger partial charge is 0.323 e. The number of aromatic nitrogens is 2. The van der Waals surface area contributed by atoms with E-state index in [-0.39, 0.29) is 30.2 Å². The van der Waals surface area contributed by atoms with Gasteiger partial charge in [0.2, 0.25) is 5.91 Å². The van der Waals surface area contributed by atoms with Gasteiger partial charge < -0.3 is 19.7 Å². The molecule has 100 valence electrons. The second kappa shape index (κ2) is 5.09. The van der Waals surface area contributed by atoms with Crippen molar-refractivity contribution >= 4 is 28.4 Å². The zero-order valence-corrected chi connectivity index (χ0v) is 10.8. The van der Waals surface area contributed by atoms with E-state index in [2.05, 4.69) is 9.97 Å². The second-order valence-electron chi connectivity index (χ2n) is 4.46. The van der Waals surface area contributed by atoms with Crippen molar-refractivity contribution in [2.45, 2.75) is 19.8 Å². The molecule has 0 fully saturated rings. The number of rotatable bonds is 4. The third-order valence-corrected chi connectivity index (χ3v) is 2.95. The van der Waals surface area contributed by atoms with Gasteiger partial charge in [0, 0.05) is 25.6 Å². The maximum Gasteiger partial charge on any atom is 0.323 e. The fourth-order valence-corrected chi connectivity index (χ4v) is 1.82. The molecule has 0 aliphatic carbocycles. The third-order valence-electron chi connectivity index (χ3n) is 2.95. The van der Waals surface area contributed by atoms with Crippen molar-refractivity contribution in [2.24, 2.45) is 0 Å². The molecule has 1 aromatic carbocycles. The van der Waals surface area contributed by atoms with Gasteiger partial charge in [-0.1, -0.05) is 0 Å². The van der Waals surface area contributed by atoms with E-state index in [0.717, 1.165) is 0 Å². The fourth-order valence-electron chi connectivity index (χ4n) is 1.82. The SMILES string of the molecule is CC(=O)CCC(=O)N(C)c1ccc2[nH]c(=O)[nH]c2c1. The molecule has 0 spiro atoms. The molecule has 0 saturated heterocycles. The van der Waals surface area contributed by atoms with Gasteiger partial charge in [-0.3, -0.25) is 4.79 Å². The number of nitrogens with zero attached hydrogens (tertiary/aromatic N) is 1. The van der Waals surface area contributed by atoms with E-state index in [0.29, 0.717) is 16.7 Å². The van der Waals surface area contributed by atoms with Crippen LogP contribution >= 0.6 is 0 Å². The Kier molecular flexibility index (Phi) is 3.50. The summed E-state index contributed by atoms with van der Waals surface area (Å²) >= 11 is 0. The number of carbonyl (C=O) groups is 2. The number of hydrogen-bond acceptors (Lipinski definition) is 3. The molecule has 0 unspecified atom stereocenters. The monoisotopic (exact) mass is 261 g/mol. The Balaban J connectivity index is 2.20. The van der Waals surface area contributed by atoms with Crippen molar-refractivity contribution in [3.05, 3.63) is 28.7 Å². The Morgan fingerprint density at radius 2 is 1.84 bits per heavy atom. The number of benzene rings is 1. The first-order chi connectivity index (χ1) is 8.97. The van der Waals surface area contributed by atoms with E-state index in [1.165, 1.54) is 11.8 Å². The minimum atomic E-state index is -0.280. The molecule has 0 radical (unpaired) electrons. The smallest absolute Gasteiger partial charge is 0.315 e. The van der Waals surface area contributed by atoms with Crippen LogP contribution in [0, 0.1) is 0 Å². The molecule has 1 aromatic heterocycles. The van der Waals surface area contributed by atoms with Gasteiger partial charge >= 0.3 is 5.69 Å². The van der Waals surface area contributed by atoms with Crippen LogP contribution in [0.5, 0.6) is 0 Å². The number of amides is 1. The normalized spacial score (nSPS) is 10.6. The topological polar surface area (TPSA) is 86.0 Å². The summed E-state index contributed by atoms with van der Waals surface area (Å²) in [4.78, 5) is 40.7. The van der Waals surface area contributed by atoms with E-state index >= 15 is 0 Å². The zero-order chi connectivity index (χ0) is 14.0. The van der Waals surface area contributed by atoms with Crippen LogP contribution in [0.3, 0.4) is 0 Å². The summed E-state index contributed by atoms with van der Waals surface area (Å²) in [6.07, 6.45) is 0.430. The van der Waals surface area contributed by atoms with Crippen molar-refractivity contribution in [1.82, 2.24) is 9.97 Å². The highest BCUT2D eigenvalue weighted by molar-refractivity contribution is 5.96. The average molecular weight is 261 g/mol. The number of aromatic amines is 2. The van der Waals surface area contributed by atoms with Gasteiger partial charge in [-0.05, 0) is 25.1 Å². The first kappa shape index (κ1) is 13.1. The number of Topliss-reactive ketones (excluding diaryl/α,β-unsaturated/α-hetero) is 1. The summed E-state index contributed by atoms with van der Waals surface area (Å²) in [6, 6.07) is 5.20. The average Bonchev–Trinajstić information content (AvgIpc) is 2.73. The minimum absolute atomic E-state index is 0.00725. The number of nitrogens with one attached hydrogen (secondary N) is 2. The maximum absolute atomic E-state index is 11.9. The summed E-state index contributed by atoms with van der Waals surface area (Å²) in [5, 5.41) is 0. The van der Waals surface area contributed by atoms with Crippen LogP contribution in [-0.2, 0) is 9.59 Å². The van der Waals surface area contributed by atoms with E-state index in [9.17, 15) is 14.4 Å². The lowest BCUT2D eigenvalue weighted by Gasteiger charge is -2.17. The molecule has 6 heteroatoms. The molecular weight excluding hydrogens is 246 g/mol. The number of fused-ring (bicyclic) bond motifs is 1. The highest BCUT2D eigenvalue weighted by atomic mass is 16.2. The molecule has 0 saturated carbocycles. The summed E-state index contributed by atoms with van der Waals surface area (Å²) in [6.45, 7) is 1.46. The molecule has 6 nitrogen and oxygen atoms in total. The Labute approximate surface area is 109 Å². The van der Waals surface area contributed by atoms with Gasteiger partial charge in [0.15, 0.2) is 0 Å². The molecule has 2 aromatic rings. The Hall–Kier alpha value is -2.37. The molecule has 0 aliphatic rings. The number of H-pyrrole nitrogens is 2. The zero-order valence-electron chi connectivity index (χ0n) is 10.8. The van der Waals surface area contributed by atoms with E-state index < -0.39 is 0 Å². The molecule has 1 heterocycles. The first-order valence-electron chi connectivity index (χ1n) is 5.95. The number of hydrogen-bond donors (Lipinski definition) is 2. The van der Waals surface area contributed by atoms with E-state index in [1.54, 1.807) is 25.2 Å². The third kappa shape index (κ3) is 2.90. The molecular formula is C13H15N3O3. The van der Waals surface area contributed by atoms with Crippen molar-refractivity contribution in [1.29, 1.82) is 0 Å². The Morgan fingerprint density at radius 1 is 1.16 bits per heavy atom. The summed E-state index contributed by atoms with van der Waals surface area (Å²) in [5.41, 5.74) is 1.74. The Bertz CT molecular complexity index is 684. The van der Waals surface area contributed by atoms with Crippen molar-refractivity contribution in [3.63, 3.8) is 0 Å². The lowest BCUT2D eigenvalue weighted by molar-refractivity contribution is -0.122. The number of imidazole rings is 1. The lowest BCUT2D eigenvalue weighted by Crippen LogP contribution is -2.26. The van der Waals surface area contributed by atoms with Crippen LogP contribution in [0.25, 0.3) is 11.0 Å². The molecule has 0 atom stereocenters. The van der Waals surface area contributed by atoms with Gasteiger partial charge in [0.1, 0.15) is 5.78 Å². The highest BCUT2D eigenvalue weighted by Gasteiger charge is 2.12. The van der Waals surface area contributed by atoms with Crippen LogP contribution in [-0.4, -0.2) is 28.7 Å². The molecule has 19 heavy (non-hydrogen) atoms. The predicted molar refractivity (Wildman–Crippen MR) is 72.2 cm³/mol. The van der Waals surface area contributed by atoms with E-state index in [4.69, 9.17) is 0 Å². The maximum atomic E-state index is 11.9. The van der Waals surface area contributed by atoms with Gasteiger partial charge in [-0.15, -0.1) is 0 Å². The minimum Gasteiger partial charge on any atom is -0.315 e. The highest BCUT2D eigenvalue weighted by Crippen LogP contribution is 2.18. The van der Waals surface area contributed by atoms with Crippen molar-refractivity contribution in [3.8, 4) is 0 Å². The molecule has 2 N–H and O–H groups in total. The van der Waals surface area contributed by atoms with Gasteiger partial charge in [0.25, 0.3) is 0 Å². The number of anilines is 1. The van der Waals surface area contributed by atoms with Gasteiger partial charge in [0.05, 0.1) is 11.0 Å².